The lowest BCUT2D eigenvalue weighted by atomic mass is 9.78. The molecule has 2 N–H and O–H groups in total. The van der Waals surface area contributed by atoms with Crippen LogP contribution in [0.2, 0.25) is 0 Å². The fraction of sp³-hybridized carbons (Fsp3) is 0.522. The van der Waals surface area contributed by atoms with E-state index in [9.17, 15) is 14.3 Å². The van der Waals surface area contributed by atoms with Crippen molar-refractivity contribution in [3.63, 3.8) is 0 Å². The van der Waals surface area contributed by atoms with Crippen LogP contribution in [0.5, 0.6) is 0 Å². The van der Waals surface area contributed by atoms with Crippen molar-refractivity contribution in [1.82, 2.24) is 9.88 Å². The normalized spacial score (nSPS) is 22.4. The van der Waals surface area contributed by atoms with Crippen LogP contribution in [-0.2, 0) is 13.1 Å². The van der Waals surface area contributed by atoms with Crippen LogP contribution in [0.4, 0.5) is 4.39 Å². The molecule has 4 nitrogen and oxygen atoms in total. The number of aromatic nitrogens is 1. The third-order valence-corrected chi connectivity index (χ3v) is 6.66. The fourth-order valence-corrected chi connectivity index (χ4v) is 4.59. The highest BCUT2D eigenvalue weighted by atomic mass is 19.1. The minimum atomic E-state index is -0.922. The molecule has 2 aromatic rings. The van der Waals surface area contributed by atoms with E-state index >= 15 is 0 Å². The number of aromatic carboxylic acids is 1. The lowest BCUT2D eigenvalue weighted by molar-refractivity contribution is 0.0694. The minimum Gasteiger partial charge on any atom is -0.478 e. The van der Waals surface area contributed by atoms with Gasteiger partial charge in [0.2, 0.25) is 0 Å². The van der Waals surface area contributed by atoms with Crippen LogP contribution >= 0.6 is 0 Å². The van der Waals surface area contributed by atoms with Gasteiger partial charge in [0.05, 0.1) is 12.1 Å². The lowest BCUT2D eigenvalue weighted by Crippen LogP contribution is -2.40. The first-order chi connectivity index (χ1) is 13.3. The number of carboxylic acids is 1. The van der Waals surface area contributed by atoms with Gasteiger partial charge in [-0.05, 0) is 38.2 Å². The molecular formula is C23H31FN2O2. The van der Waals surface area contributed by atoms with Crippen molar-refractivity contribution in [2.24, 2.45) is 11.8 Å². The van der Waals surface area contributed by atoms with E-state index < -0.39 is 5.97 Å². The maximum Gasteiger partial charge on any atom is 0.337 e. The number of hydrogen-bond donors (Lipinski definition) is 2. The summed E-state index contributed by atoms with van der Waals surface area (Å²) in [6.07, 6.45) is 3.60. The van der Waals surface area contributed by atoms with Crippen LogP contribution in [0.3, 0.4) is 0 Å². The minimum absolute atomic E-state index is 0.267. The highest BCUT2D eigenvalue weighted by Gasteiger charge is 2.28. The van der Waals surface area contributed by atoms with Gasteiger partial charge in [0.25, 0.3) is 0 Å². The molecule has 0 spiro atoms. The number of nitrogens with one attached hydrogen (secondary N) is 1. The number of hydrogen-bond acceptors (Lipinski definition) is 2. The first kappa shape index (κ1) is 20.6. The van der Waals surface area contributed by atoms with Gasteiger partial charge in [-0.3, -0.25) is 0 Å². The molecule has 5 heteroatoms. The largest absolute Gasteiger partial charge is 0.478 e. The molecule has 0 radical (unpaired) electrons. The van der Waals surface area contributed by atoms with Gasteiger partial charge in [0, 0.05) is 35.1 Å². The van der Waals surface area contributed by atoms with Crippen LogP contribution in [-0.4, -0.2) is 21.7 Å². The topological polar surface area (TPSA) is 54.3 Å². The second-order valence-corrected chi connectivity index (χ2v) is 8.26. The molecule has 0 bridgehead atoms. The van der Waals surface area contributed by atoms with E-state index in [0.717, 1.165) is 17.7 Å². The predicted molar refractivity (Wildman–Crippen MR) is 109 cm³/mol. The van der Waals surface area contributed by atoms with E-state index in [1.165, 1.54) is 18.9 Å². The van der Waals surface area contributed by atoms with Crippen molar-refractivity contribution in [1.29, 1.82) is 0 Å². The monoisotopic (exact) mass is 386 g/mol. The molecule has 1 fully saturated rings. The van der Waals surface area contributed by atoms with Crippen LogP contribution in [0, 0.1) is 31.5 Å². The Labute approximate surface area is 166 Å². The van der Waals surface area contributed by atoms with Gasteiger partial charge < -0.3 is 15.0 Å². The molecule has 3 unspecified atom stereocenters. The van der Waals surface area contributed by atoms with E-state index in [1.54, 1.807) is 18.2 Å². The number of halogens is 1. The molecule has 0 saturated heterocycles. The lowest BCUT2D eigenvalue weighted by Gasteiger charge is -2.34. The highest BCUT2D eigenvalue weighted by Crippen LogP contribution is 2.30. The summed E-state index contributed by atoms with van der Waals surface area (Å²) in [6, 6.07) is 7.06. The van der Waals surface area contributed by atoms with Crippen LogP contribution in [0.25, 0.3) is 0 Å². The molecule has 152 valence electrons. The first-order valence-electron chi connectivity index (χ1n) is 10.2. The third-order valence-electron chi connectivity index (χ3n) is 6.66. The number of carbonyl (C=O) groups is 1. The molecule has 0 aliphatic heterocycles. The Kier molecular flexibility index (Phi) is 6.23. The van der Waals surface area contributed by atoms with E-state index in [2.05, 4.69) is 19.2 Å². The first-order valence-corrected chi connectivity index (χ1v) is 10.2. The van der Waals surface area contributed by atoms with Gasteiger partial charge in [0.15, 0.2) is 0 Å². The van der Waals surface area contributed by atoms with Crippen molar-refractivity contribution >= 4 is 5.97 Å². The standard InChI is InChI=1S/C23H31FN2O2/c1-14-8-7-11-21(15(14)2)25-12-19-16(3)26(17(4)22(19)23(27)28)13-18-9-5-6-10-20(18)24/h5-6,9-10,14-15,21,25H,7-8,11-13H2,1-4H3,(H,27,28). The van der Waals surface area contributed by atoms with Gasteiger partial charge in [-0.25, -0.2) is 9.18 Å². The van der Waals surface area contributed by atoms with E-state index in [4.69, 9.17) is 0 Å². The van der Waals surface area contributed by atoms with Crippen LogP contribution in [0.1, 0.15) is 66.0 Å². The Balaban J connectivity index is 1.88. The SMILES string of the molecule is Cc1c(CNC2CCCC(C)C2C)c(C(=O)O)c(C)n1Cc1ccccc1F. The van der Waals surface area contributed by atoms with Crippen molar-refractivity contribution < 1.29 is 14.3 Å². The molecule has 1 heterocycles. The Morgan fingerprint density at radius 3 is 2.61 bits per heavy atom. The molecule has 0 amide bonds. The summed E-state index contributed by atoms with van der Waals surface area (Å²) in [5, 5.41) is 13.4. The molecule has 1 aromatic carbocycles. The van der Waals surface area contributed by atoms with Gasteiger partial charge in [0.1, 0.15) is 5.82 Å². The fourth-order valence-electron chi connectivity index (χ4n) is 4.59. The Hall–Kier alpha value is -2.14. The van der Waals surface area contributed by atoms with Gasteiger partial charge >= 0.3 is 5.97 Å². The number of carboxylic acid groups (broad SMARTS) is 1. The van der Waals surface area contributed by atoms with Gasteiger partial charge in [-0.2, -0.15) is 0 Å². The maximum atomic E-state index is 14.1. The second kappa shape index (κ2) is 8.48. The van der Waals surface area contributed by atoms with E-state index in [0.29, 0.717) is 47.8 Å². The summed E-state index contributed by atoms with van der Waals surface area (Å²) in [4.78, 5) is 12.0. The van der Waals surface area contributed by atoms with E-state index in [1.807, 2.05) is 18.4 Å². The second-order valence-electron chi connectivity index (χ2n) is 8.26. The average molecular weight is 387 g/mol. The molecule has 3 rings (SSSR count). The third kappa shape index (κ3) is 4.00. The number of benzene rings is 1. The Morgan fingerprint density at radius 1 is 1.21 bits per heavy atom. The molecule has 1 aliphatic carbocycles. The molecule has 3 atom stereocenters. The maximum absolute atomic E-state index is 14.1. The highest BCUT2D eigenvalue weighted by molar-refractivity contribution is 5.91. The van der Waals surface area contributed by atoms with Crippen LogP contribution in [0.15, 0.2) is 24.3 Å². The number of nitrogens with zero attached hydrogens (tertiary/aromatic N) is 1. The smallest absolute Gasteiger partial charge is 0.337 e. The summed E-state index contributed by atoms with van der Waals surface area (Å²) >= 11 is 0. The summed E-state index contributed by atoms with van der Waals surface area (Å²) in [6.45, 7) is 9.18. The summed E-state index contributed by atoms with van der Waals surface area (Å²) in [7, 11) is 0. The van der Waals surface area contributed by atoms with Gasteiger partial charge in [-0.1, -0.05) is 44.9 Å². The van der Waals surface area contributed by atoms with Crippen molar-refractivity contribution in [3.8, 4) is 0 Å². The van der Waals surface area contributed by atoms with Crippen LogP contribution < -0.4 is 5.32 Å². The molecule has 28 heavy (non-hydrogen) atoms. The Morgan fingerprint density at radius 2 is 1.93 bits per heavy atom. The zero-order valence-electron chi connectivity index (χ0n) is 17.3. The molecular weight excluding hydrogens is 355 g/mol. The quantitative estimate of drug-likeness (QED) is 0.742. The Bertz CT molecular complexity index is 859. The van der Waals surface area contributed by atoms with Crippen molar-refractivity contribution in [2.75, 3.05) is 0 Å². The van der Waals surface area contributed by atoms with Crippen molar-refractivity contribution in [2.45, 2.75) is 66.1 Å². The zero-order chi connectivity index (χ0) is 20.4. The molecule has 1 aliphatic rings. The number of rotatable bonds is 6. The van der Waals surface area contributed by atoms with E-state index in [-0.39, 0.29) is 5.82 Å². The summed E-state index contributed by atoms with van der Waals surface area (Å²) in [5.41, 5.74) is 3.29. The summed E-state index contributed by atoms with van der Waals surface area (Å²) < 4.78 is 16.1. The predicted octanol–water partition coefficient (Wildman–Crippen LogP) is 4.90. The van der Waals surface area contributed by atoms with Crippen molar-refractivity contribution in [3.05, 3.63) is 58.2 Å². The molecule has 1 aromatic heterocycles. The zero-order valence-corrected chi connectivity index (χ0v) is 17.3. The summed E-state index contributed by atoms with van der Waals surface area (Å²) in [5.74, 6) is 0.0638. The van der Waals surface area contributed by atoms with Gasteiger partial charge in [-0.15, -0.1) is 0 Å². The average Bonchev–Trinajstić information content (AvgIpc) is 2.89. The molecule has 1 saturated carbocycles.